The van der Waals surface area contributed by atoms with Gasteiger partial charge in [-0.25, -0.2) is 4.68 Å². The van der Waals surface area contributed by atoms with Crippen LogP contribution in [0.4, 0.5) is 5.82 Å². The summed E-state index contributed by atoms with van der Waals surface area (Å²) in [5, 5.41) is 7.54. The van der Waals surface area contributed by atoms with Crippen molar-refractivity contribution in [1.82, 2.24) is 9.78 Å². The fourth-order valence-corrected chi connectivity index (χ4v) is 4.21. The molecule has 0 aliphatic carbocycles. The lowest BCUT2D eigenvalue weighted by Crippen LogP contribution is -2.27. The van der Waals surface area contributed by atoms with Crippen molar-refractivity contribution >= 4 is 38.5 Å². The monoisotopic (exact) mass is 395 g/mol. The first kappa shape index (κ1) is 16.4. The summed E-state index contributed by atoms with van der Waals surface area (Å²) in [6.45, 7) is 6.09. The zero-order valence-corrected chi connectivity index (χ0v) is 15.6. The summed E-state index contributed by atoms with van der Waals surface area (Å²) in [7, 11) is -0.931. The SMILES string of the molecule is CC(C)(C)n1nc2c(c1NC(=O)c1cccc(Br)c1)C[S@](=O)C2. The highest BCUT2D eigenvalue weighted by Gasteiger charge is 2.31. The maximum atomic E-state index is 12.6. The van der Waals surface area contributed by atoms with Gasteiger partial charge < -0.3 is 5.32 Å². The second-order valence-electron chi connectivity index (χ2n) is 6.55. The van der Waals surface area contributed by atoms with E-state index in [4.69, 9.17) is 0 Å². The molecule has 7 heteroatoms. The van der Waals surface area contributed by atoms with E-state index in [2.05, 4.69) is 26.3 Å². The van der Waals surface area contributed by atoms with Crippen LogP contribution in [-0.2, 0) is 27.8 Å². The molecule has 1 aromatic carbocycles. The molecule has 2 aromatic rings. The van der Waals surface area contributed by atoms with Gasteiger partial charge in [0.25, 0.3) is 5.91 Å². The predicted octanol–water partition coefficient (Wildman–Crippen LogP) is 3.42. The second-order valence-corrected chi connectivity index (χ2v) is 8.92. The summed E-state index contributed by atoms with van der Waals surface area (Å²) < 4.78 is 14.5. The number of rotatable bonds is 2. The molecular weight excluding hydrogens is 378 g/mol. The topological polar surface area (TPSA) is 64.0 Å². The van der Waals surface area contributed by atoms with E-state index in [-0.39, 0.29) is 11.4 Å². The summed E-state index contributed by atoms with van der Waals surface area (Å²) in [6.07, 6.45) is 0. The molecule has 2 heterocycles. The number of aromatic nitrogens is 2. The average Bonchev–Trinajstić information content (AvgIpc) is 2.96. The minimum atomic E-state index is -0.931. The Balaban J connectivity index is 1.99. The van der Waals surface area contributed by atoms with Gasteiger partial charge in [-0.3, -0.25) is 9.00 Å². The zero-order chi connectivity index (χ0) is 16.8. The van der Waals surface area contributed by atoms with Crippen LogP contribution in [0.1, 0.15) is 42.4 Å². The smallest absolute Gasteiger partial charge is 0.256 e. The van der Waals surface area contributed by atoms with Crippen LogP contribution in [0.5, 0.6) is 0 Å². The number of nitrogens with one attached hydrogen (secondary N) is 1. The lowest BCUT2D eigenvalue weighted by Gasteiger charge is -2.23. The lowest BCUT2D eigenvalue weighted by atomic mass is 10.1. The molecular formula is C16H18BrN3O2S. The highest BCUT2D eigenvalue weighted by atomic mass is 79.9. The van der Waals surface area contributed by atoms with E-state index in [1.807, 2.05) is 37.6 Å². The zero-order valence-electron chi connectivity index (χ0n) is 13.2. The molecule has 122 valence electrons. The molecule has 1 aliphatic heterocycles. The number of benzene rings is 1. The number of hydrogen-bond donors (Lipinski definition) is 1. The highest BCUT2D eigenvalue weighted by molar-refractivity contribution is 9.10. The molecule has 0 saturated heterocycles. The molecule has 23 heavy (non-hydrogen) atoms. The van der Waals surface area contributed by atoms with Gasteiger partial charge in [-0.1, -0.05) is 22.0 Å². The van der Waals surface area contributed by atoms with Gasteiger partial charge in [-0.05, 0) is 39.0 Å². The minimum Gasteiger partial charge on any atom is -0.306 e. The van der Waals surface area contributed by atoms with Crippen LogP contribution >= 0.6 is 15.9 Å². The Morgan fingerprint density at radius 3 is 2.74 bits per heavy atom. The van der Waals surface area contributed by atoms with Crippen LogP contribution in [-0.4, -0.2) is 19.9 Å². The van der Waals surface area contributed by atoms with Crippen molar-refractivity contribution in [3.05, 3.63) is 45.6 Å². The van der Waals surface area contributed by atoms with Gasteiger partial charge in [0.15, 0.2) is 0 Å². The molecule has 0 bridgehead atoms. The number of amides is 1. The maximum Gasteiger partial charge on any atom is 0.256 e. The molecule has 1 N–H and O–H groups in total. The quantitative estimate of drug-likeness (QED) is 0.846. The predicted molar refractivity (Wildman–Crippen MR) is 94.9 cm³/mol. The molecule has 0 fully saturated rings. The van der Waals surface area contributed by atoms with E-state index in [1.54, 1.807) is 12.1 Å². The number of nitrogens with zero attached hydrogens (tertiary/aromatic N) is 2. The number of fused-ring (bicyclic) bond motifs is 1. The Labute approximate surface area is 146 Å². The van der Waals surface area contributed by atoms with Crippen molar-refractivity contribution in [3.8, 4) is 0 Å². The first-order chi connectivity index (χ1) is 10.8. The molecule has 0 unspecified atom stereocenters. The van der Waals surface area contributed by atoms with Gasteiger partial charge in [-0.2, -0.15) is 5.10 Å². The molecule has 1 amide bonds. The molecule has 1 atom stereocenters. The fraction of sp³-hybridized carbons (Fsp3) is 0.375. The number of anilines is 1. The normalized spacial score (nSPS) is 17.1. The Bertz CT molecular complexity index is 808. The van der Waals surface area contributed by atoms with Crippen molar-refractivity contribution in [3.63, 3.8) is 0 Å². The summed E-state index contributed by atoms with van der Waals surface area (Å²) >= 11 is 3.37. The van der Waals surface area contributed by atoms with Gasteiger partial charge in [-0.15, -0.1) is 0 Å². The summed E-state index contributed by atoms with van der Waals surface area (Å²) in [5.41, 5.74) is 2.00. The molecule has 3 rings (SSSR count). The Hall–Kier alpha value is -1.47. The van der Waals surface area contributed by atoms with Crippen LogP contribution in [0.3, 0.4) is 0 Å². The van der Waals surface area contributed by atoms with Crippen molar-refractivity contribution in [2.24, 2.45) is 0 Å². The summed E-state index contributed by atoms with van der Waals surface area (Å²) in [4.78, 5) is 12.6. The van der Waals surface area contributed by atoms with Crippen LogP contribution in [0.2, 0.25) is 0 Å². The van der Waals surface area contributed by atoms with Crippen molar-refractivity contribution in [1.29, 1.82) is 0 Å². The molecule has 0 spiro atoms. The van der Waals surface area contributed by atoms with Gasteiger partial charge in [0.1, 0.15) is 5.82 Å². The van der Waals surface area contributed by atoms with E-state index >= 15 is 0 Å². The third kappa shape index (κ3) is 3.26. The average molecular weight is 396 g/mol. The van der Waals surface area contributed by atoms with Gasteiger partial charge in [0.05, 0.1) is 22.7 Å². The van der Waals surface area contributed by atoms with Gasteiger partial charge in [0, 0.05) is 26.4 Å². The molecule has 1 aromatic heterocycles. The number of carbonyl (C=O) groups is 1. The van der Waals surface area contributed by atoms with E-state index < -0.39 is 10.8 Å². The fourth-order valence-electron chi connectivity index (χ4n) is 2.55. The van der Waals surface area contributed by atoms with E-state index in [0.29, 0.717) is 22.9 Å². The lowest BCUT2D eigenvalue weighted by molar-refractivity contribution is 0.102. The Morgan fingerprint density at radius 1 is 1.35 bits per heavy atom. The van der Waals surface area contributed by atoms with E-state index in [0.717, 1.165) is 15.7 Å². The largest absolute Gasteiger partial charge is 0.306 e. The van der Waals surface area contributed by atoms with Crippen molar-refractivity contribution in [2.45, 2.75) is 37.8 Å². The number of halogens is 1. The molecule has 0 radical (unpaired) electrons. The van der Waals surface area contributed by atoms with Crippen LogP contribution in [0.15, 0.2) is 28.7 Å². The minimum absolute atomic E-state index is 0.197. The van der Waals surface area contributed by atoms with E-state index in [1.165, 1.54) is 0 Å². The first-order valence-electron chi connectivity index (χ1n) is 7.29. The van der Waals surface area contributed by atoms with Gasteiger partial charge in [0.2, 0.25) is 0 Å². The third-order valence-corrected chi connectivity index (χ3v) is 5.32. The highest BCUT2D eigenvalue weighted by Crippen LogP contribution is 2.33. The van der Waals surface area contributed by atoms with Crippen LogP contribution in [0, 0.1) is 0 Å². The number of carbonyl (C=O) groups excluding carboxylic acids is 1. The molecule has 5 nitrogen and oxygen atoms in total. The van der Waals surface area contributed by atoms with Gasteiger partial charge >= 0.3 is 0 Å². The van der Waals surface area contributed by atoms with Crippen LogP contribution in [0.25, 0.3) is 0 Å². The van der Waals surface area contributed by atoms with Crippen molar-refractivity contribution in [2.75, 3.05) is 5.32 Å². The molecule has 1 aliphatic rings. The third-order valence-electron chi connectivity index (χ3n) is 3.62. The Morgan fingerprint density at radius 2 is 2.09 bits per heavy atom. The number of hydrogen-bond acceptors (Lipinski definition) is 3. The van der Waals surface area contributed by atoms with Crippen molar-refractivity contribution < 1.29 is 9.00 Å². The first-order valence-corrected chi connectivity index (χ1v) is 9.57. The molecule has 0 saturated carbocycles. The summed E-state index contributed by atoms with van der Waals surface area (Å²) in [6, 6.07) is 7.22. The standard InChI is InChI=1S/C16H18BrN3O2S/c1-16(2,3)20-14(12-8-23(22)9-13(12)19-20)18-15(21)10-5-4-6-11(17)7-10/h4-7H,8-9H2,1-3H3,(H,18,21)/t23-/m0/s1. The second kappa shape index (κ2) is 5.87. The summed E-state index contributed by atoms with van der Waals surface area (Å²) in [5.74, 6) is 1.36. The van der Waals surface area contributed by atoms with E-state index in [9.17, 15) is 9.00 Å². The Kier molecular flexibility index (Phi) is 4.18. The van der Waals surface area contributed by atoms with Crippen LogP contribution < -0.4 is 5.32 Å². The maximum absolute atomic E-state index is 12.6.